The topological polar surface area (TPSA) is 28.5 Å². The summed E-state index contributed by atoms with van der Waals surface area (Å²) in [7, 11) is 0. The Morgan fingerprint density at radius 3 is 2.47 bits per heavy atom. The number of aromatic nitrogens is 4. The molecular weight excluding hydrogens is 372 g/mol. The van der Waals surface area contributed by atoms with E-state index in [1.54, 1.807) is 0 Å². The van der Waals surface area contributed by atoms with E-state index in [9.17, 15) is 0 Å². The Morgan fingerprint density at radius 1 is 1.00 bits per heavy atom. The van der Waals surface area contributed by atoms with Crippen LogP contribution in [0.4, 0.5) is 0 Å². The van der Waals surface area contributed by atoms with Gasteiger partial charge >= 0.3 is 0 Å². The number of nitrogens with one attached hydrogen (secondary N) is 1. The average Bonchev–Trinajstić information content (AvgIpc) is 3.02. The smallest absolute Gasteiger partial charge is 0.252 e. The molecule has 6 heteroatoms. The van der Waals surface area contributed by atoms with E-state index in [-0.39, 0.29) is 34.0 Å². The van der Waals surface area contributed by atoms with Gasteiger partial charge in [-0.25, -0.2) is 4.57 Å². The van der Waals surface area contributed by atoms with Gasteiger partial charge in [-0.1, -0.05) is 18.2 Å². The predicted molar refractivity (Wildman–Crippen MR) is 62.3 cm³/mol. The Balaban J connectivity index is 0.000000902. The minimum Gasteiger partial charge on any atom is -1.00 e. The van der Waals surface area contributed by atoms with Crippen molar-refractivity contribution in [3.8, 4) is 5.69 Å². The third-order valence-electron chi connectivity index (χ3n) is 2.67. The lowest BCUT2D eigenvalue weighted by molar-refractivity contribution is -0.912. The van der Waals surface area contributed by atoms with Gasteiger partial charge < -0.3 is 34.0 Å². The molecule has 0 atom stereocenters. The third-order valence-corrected chi connectivity index (χ3v) is 2.67. The second-order valence-corrected chi connectivity index (χ2v) is 3.94. The quantitative estimate of drug-likeness (QED) is 0.437. The standard InChI is InChI=1S/C13H13N4.2BrH/c1-2-4-13(5-3-1)17-9-8-16(12-17)11-15-7-6-14-10-15;;/h1-10,12H,11H2;2*1H/q+1;;/p-1. The highest BCUT2D eigenvalue weighted by molar-refractivity contribution is 5.30. The second-order valence-electron chi connectivity index (χ2n) is 3.94. The Bertz CT molecular complexity index is 590. The summed E-state index contributed by atoms with van der Waals surface area (Å²) in [5.74, 6) is 0. The van der Waals surface area contributed by atoms with Gasteiger partial charge in [0, 0.05) is 0 Å². The maximum atomic E-state index is 3.03. The summed E-state index contributed by atoms with van der Waals surface area (Å²) in [5.41, 5.74) is 1.17. The van der Waals surface area contributed by atoms with Gasteiger partial charge in [0.15, 0.2) is 0 Å². The number of para-hydroxylation sites is 1. The van der Waals surface area contributed by atoms with Crippen molar-refractivity contribution in [2.24, 2.45) is 0 Å². The van der Waals surface area contributed by atoms with E-state index in [0.717, 1.165) is 6.67 Å². The van der Waals surface area contributed by atoms with E-state index in [2.05, 4.69) is 49.5 Å². The van der Waals surface area contributed by atoms with Crippen molar-refractivity contribution < 1.29 is 43.1 Å². The van der Waals surface area contributed by atoms with Crippen LogP contribution in [0.1, 0.15) is 0 Å². The minimum absolute atomic E-state index is 0. The van der Waals surface area contributed by atoms with E-state index in [4.69, 9.17) is 0 Å². The molecule has 0 saturated carbocycles. The van der Waals surface area contributed by atoms with Crippen molar-refractivity contribution in [1.82, 2.24) is 9.55 Å². The van der Waals surface area contributed by atoms with E-state index in [0.29, 0.717) is 0 Å². The zero-order valence-corrected chi connectivity index (χ0v) is 13.3. The fourth-order valence-electron chi connectivity index (χ4n) is 1.83. The molecule has 0 aliphatic carbocycles. The molecule has 0 aliphatic heterocycles. The fraction of sp³-hybridized carbons (Fsp3) is 0.0769. The number of rotatable bonds is 3. The molecule has 0 bridgehead atoms. The first-order valence-corrected chi connectivity index (χ1v) is 5.56. The summed E-state index contributed by atoms with van der Waals surface area (Å²) in [6, 6.07) is 10.3. The third kappa shape index (κ3) is 3.78. The van der Waals surface area contributed by atoms with E-state index >= 15 is 0 Å². The summed E-state index contributed by atoms with van der Waals surface area (Å²) >= 11 is 0. The number of hydrogen-bond donors (Lipinski definition) is 1. The number of aromatic amines is 1. The first kappa shape index (κ1) is 15.7. The van der Waals surface area contributed by atoms with Crippen LogP contribution in [-0.2, 0) is 6.67 Å². The van der Waals surface area contributed by atoms with Gasteiger partial charge in [-0.2, -0.15) is 9.13 Å². The summed E-state index contributed by atoms with van der Waals surface area (Å²) in [5, 5.41) is 0. The molecule has 0 amide bonds. The summed E-state index contributed by atoms with van der Waals surface area (Å²) in [6.07, 6.45) is 12.1. The average molecular weight is 386 g/mol. The number of hydrogen-bond acceptors (Lipinski definition) is 0. The number of halogens is 2. The molecular formula is C13H14Br2N4. The molecule has 100 valence electrons. The van der Waals surface area contributed by atoms with Crippen molar-refractivity contribution in [3.05, 3.63) is 67.8 Å². The molecule has 3 rings (SSSR count). The maximum Gasteiger partial charge on any atom is 0.252 e. The van der Waals surface area contributed by atoms with Crippen LogP contribution in [0.5, 0.6) is 0 Å². The Morgan fingerprint density at radius 2 is 1.79 bits per heavy atom. The highest BCUT2D eigenvalue weighted by atomic mass is 79.9. The van der Waals surface area contributed by atoms with Gasteiger partial charge in [0.05, 0.1) is 0 Å². The SMILES string of the molecule is [Br-].[Br-].c1ccc(-n2cc[n+](C[n+]3cc[nH]c3)c2)cc1. The van der Waals surface area contributed by atoms with Crippen LogP contribution in [0.25, 0.3) is 5.69 Å². The normalized spacial score (nSPS) is 9.47. The highest BCUT2D eigenvalue weighted by Crippen LogP contribution is 2.03. The Kier molecular flexibility index (Phi) is 5.98. The summed E-state index contributed by atoms with van der Waals surface area (Å²) < 4.78 is 6.31. The molecule has 4 nitrogen and oxygen atoms in total. The van der Waals surface area contributed by atoms with Gasteiger partial charge in [0.2, 0.25) is 13.0 Å². The number of benzene rings is 1. The first-order valence-electron chi connectivity index (χ1n) is 5.56. The summed E-state index contributed by atoms with van der Waals surface area (Å²) in [4.78, 5) is 3.03. The zero-order valence-electron chi connectivity index (χ0n) is 10.2. The lowest BCUT2D eigenvalue weighted by atomic mass is 10.3. The molecule has 0 saturated heterocycles. The van der Waals surface area contributed by atoms with Gasteiger partial charge in [0.1, 0.15) is 30.5 Å². The Labute approximate surface area is 132 Å². The van der Waals surface area contributed by atoms with Crippen LogP contribution in [-0.4, -0.2) is 9.55 Å². The van der Waals surface area contributed by atoms with Gasteiger partial charge in [-0.15, -0.1) is 0 Å². The van der Waals surface area contributed by atoms with Crippen LogP contribution in [0, 0.1) is 0 Å². The van der Waals surface area contributed by atoms with Crippen molar-refractivity contribution in [3.63, 3.8) is 0 Å². The van der Waals surface area contributed by atoms with E-state index in [1.807, 2.05) is 36.9 Å². The molecule has 0 unspecified atom stereocenters. The van der Waals surface area contributed by atoms with Crippen molar-refractivity contribution in [1.29, 1.82) is 0 Å². The molecule has 0 radical (unpaired) electrons. The molecule has 2 aromatic heterocycles. The number of H-pyrrole nitrogens is 1. The molecule has 0 fully saturated rings. The van der Waals surface area contributed by atoms with Crippen LogP contribution in [0.2, 0.25) is 0 Å². The lowest BCUT2D eigenvalue weighted by Gasteiger charge is -1.93. The highest BCUT2D eigenvalue weighted by Gasteiger charge is 2.07. The fourth-order valence-corrected chi connectivity index (χ4v) is 1.83. The molecule has 3 aromatic rings. The minimum atomic E-state index is 0. The molecule has 2 heterocycles. The van der Waals surface area contributed by atoms with Crippen molar-refractivity contribution >= 4 is 0 Å². The van der Waals surface area contributed by atoms with Crippen molar-refractivity contribution in [2.75, 3.05) is 0 Å². The van der Waals surface area contributed by atoms with Crippen LogP contribution in [0.15, 0.2) is 67.8 Å². The maximum absolute atomic E-state index is 3.03. The number of nitrogens with zero attached hydrogens (tertiary/aromatic N) is 3. The monoisotopic (exact) mass is 384 g/mol. The summed E-state index contributed by atoms with van der Waals surface area (Å²) in [6.45, 7) is 0.809. The predicted octanol–water partition coefficient (Wildman–Crippen LogP) is -5.11. The van der Waals surface area contributed by atoms with Gasteiger partial charge in [-0.05, 0) is 12.1 Å². The van der Waals surface area contributed by atoms with Crippen LogP contribution in [0.3, 0.4) is 0 Å². The zero-order chi connectivity index (χ0) is 11.5. The largest absolute Gasteiger partial charge is 1.00 e. The van der Waals surface area contributed by atoms with Gasteiger partial charge in [0.25, 0.3) is 6.33 Å². The first-order chi connectivity index (χ1) is 8.42. The van der Waals surface area contributed by atoms with Crippen LogP contribution < -0.4 is 43.1 Å². The van der Waals surface area contributed by atoms with E-state index in [1.165, 1.54) is 5.69 Å². The molecule has 19 heavy (non-hydrogen) atoms. The second kappa shape index (κ2) is 7.25. The van der Waals surface area contributed by atoms with Crippen molar-refractivity contribution in [2.45, 2.75) is 6.67 Å². The van der Waals surface area contributed by atoms with E-state index < -0.39 is 0 Å². The molecule has 1 N–H and O–H groups in total. The molecule has 1 aromatic carbocycles. The molecule has 0 spiro atoms. The number of imidazole rings is 2. The lowest BCUT2D eigenvalue weighted by Crippen LogP contribution is -3.00. The van der Waals surface area contributed by atoms with Crippen LogP contribution >= 0.6 is 0 Å². The van der Waals surface area contributed by atoms with Gasteiger partial charge in [-0.3, -0.25) is 4.98 Å². The molecule has 0 aliphatic rings. The Hall–Kier alpha value is -1.40.